The van der Waals surface area contributed by atoms with Crippen molar-refractivity contribution in [2.24, 2.45) is 0 Å². The van der Waals surface area contributed by atoms with Crippen molar-refractivity contribution >= 4 is 46.3 Å². The zero-order chi connectivity index (χ0) is 17.5. The lowest BCUT2D eigenvalue weighted by atomic mass is 10.2. The Labute approximate surface area is 150 Å². The Morgan fingerprint density at radius 2 is 2.08 bits per heavy atom. The molecule has 0 bridgehead atoms. The number of benzene rings is 1. The minimum absolute atomic E-state index is 0.0933. The Bertz CT molecular complexity index is 682. The quantitative estimate of drug-likeness (QED) is 0.321. The average Bonchev–Trinajstić information content (AvgIpc) is 2.85. The normalized spacial score (nSPS) is 15.7. The first-order valence-electron chi connectivity index (χ1n) is 7.21. The molecule has 0 radical (unpaired) electrons. The van der Waals surface area contributed by atoms with E-state index in [9.17, 15) is 9.59 Å². The summed E-state index contributed by atoms with van der Waals surface area (Å²) in [7, 11) is 1.60. The molecule has 1 heterocycles. The Kier molecular flexibility index (Phi) is 6.57. The number of ether oxygens (including phenoxy) is 2. The molecule has 7 heteroatoms. The van der Waals surface area contributed by atoms with Crippen LogP contribution in [0.15, 0.2) is 41.8 Å². The number of hydrogen-bond donors (Lipinski definition) is 0. The molecule has 1 aromatic rings. The van der Waals surface area contributed by atoms with Crippen LogP contribution in [0.25, 0.3) is 6.08 Å². The van der Waals surface area contributed by atoms with E-state index in [1.165, 1.54) is 22.7 Å². The summed E-state index contributed by atoms with van der Waals surface area (Å²) in [6.45, 7) is 3.84. The van der Waals surface area contributed by atoms with E-state index in [2.05, 4.69) is 6.58 Å². The van der Waals surface area contributed by atoms with Crippen LogP contribution in [0.2, 0.25) is 0 Å². The summed E-state index contributed by atoms with van der Waals surface area (Å²) in [5, 5.41) is 0. The van der Waals surface area contributed by atoms with Gasteiger partial charge in [0.25, 0.3) is 5.91 Å². The SMILES string of the molecule is C=CCOC(=O)CCN1C(=O)/C(=C\c2ccc(OC)cc2)SC1=S. The lowest BCUT2D eigenvalue weighted by molar-refractivity contribution is -0.142. The van der Waals surface area contributed by atoms with E-state index < -0.39 is 0 Å². The summed E-state index contributed by atoms with van der Waals surface area (Å²) in [4.78, 5) is 25.9. The summed E-state index contributed by atoms with van der Waals surface area (Å²) in [6, 6.07) is 7.36. The smallest absolute Gasteiger partial charge is 0.307 e. The third-order valence-electron chi connectivity index (χ3n) is 3.19. The van der Waals surface area contributed by atoms with Crippen molar-refractivity contribution < 1.29 is 19.1 Å². The highest BCUT2D eigenvalue weighted by molar-refractivity contribution is 8.26. The second-order valence-corrected chi connectivity index (χ2v) is 6.50. The Hall–Kier alpha value is -2.12. The zero-order valence-corrected chi connectivity index (χ0v) is 14.8. The monoisotopic (exact) mass is 363 g/mol. The van der Waals surface area contributed by atoms with Gasteiger partial charge in [-0.15, -0.1) is 0 Å². The Morgan fingerprint density at radius 3 is 2.71 bits per heavy atom. The van der Waals surface area contributed by atoms with Gasteiger partial charge in [0.2, 0.25) is 0 Å². The lowest BCUT2D eigenvalue weighted by Gasteiger charge is -2.13. The van der Waals surface area contributed by atoms with E-state index >= 15 is 0 Å². The van der Waals surface area contributed by atoms with Gasteiger partial charge >= 0.3 is 5.97 Å². The highest BCUT2D eigenvalue weighted by atomic mass is 32.2. The third kappa shape index (κ3) is 4.69. The van der Waals surface area contributed by atoms with E-state index in [1.54, 1.807) is 13.2 Å². The van der Waals surface area contributed by atoms with Gasteiger partial charge in [-0.2, -0.15) is 0 Å². The Balaban J connectivity index is 2.00. The number of thiocarbonyl (C=S) groups is 1. The number of nitrogens with zero attached hydrogens (tertiary/aromatic N) is 1. The van der Waals surface area contributed by atoms with Crippen molar-refractivity contribution in [2.75, 3.05) is 20.3 Å². The molecule has 24 heavy (non-hydrogen) atoms. The molecule has 1 fully saturated rings. The molecule has 126 valence electrons. The van der Waals surface area contributed by atoms with Gasteiger partial charge < -0.3 is 9.47 Å². The predicted octanol–water partition coefficient (Wildman–Crippen LogP) is 3.02. The van der Waals surface area contributed by atoms with Crippen LogP contribution in [-0.4, -0.2) is 41.4 Å². The molecule has 0 N–H and O–H groups in total. The van der Waals surface area contributed by atoms with Gasteiger partial charge in [0, 0.05) is 6.54 Å². The van der Waals surface area contributed by atoms with Crippen molar-refractivity contribution in [3.8, 4) is 5.75 Å². The molecule has 0 spiro atoms. The predicted molar refractivity (Wildman–Crippen MR) is 98.6 cm³/mol. The van der Waals surface area contributed by atoms with Crippen LogP contribution in [0.1, 0.15) is 12.0 Å². The molecule has 0 atom stereocenters. The molecule has 2 rings (SSSR count). The number of esters is 1. The number of thioether (sulfide) groups is 1. The summed E-state index contributed by atoms with van der Waals surface area (Å²) >= 11 is 6.45. The molecule has 1 saturated heterocycles. The van der Waals surface area contributed by atoms with E-state index in [-0.39, 0.29) is 31.4 Å². The van der Waals surface area contributed by atoms with Crippen molar-refractivity contribution in [3.05, 3.63) is 47.4 Å². The summed E-state index contributed by atoms with van der Waals surface area (Å²) in [5.41, 5.74) is 0.877. The van der Waals surface area contributed by atoms with Gasteiger partial charge in [-0.3, -0.25) is 14.5 Å². The fourth-order valence-corrected chi connectivity index (χ4v) is 3.28. The summed E-state index contributed by atoms with van der Waals surface area (Å²) in [5.74, 6) is 0.165. The van der Waals surface area contributed by atoms with Crippen LogP contribution in [-0.2, 0) is 14.3 Å². The van der Waals surface area contributed by atoms with Gasteiger partial charge in [-0.25, -0.2) is 0 Å². The van der Waals surface area contributed by atoms with Crippen LogP contribution in [0.3, 0.4) is 0 Å². The largest absolute Gasteiger partial charge is 0.497 e. The van der Waals surface area contributed by atoms with E-state index in [4.69, 9.17) is 21.7 Å². The summed E-state index contributed by atoms with van der Waals surface area (Å²) in [6.07, 6.45) is 3.36. The number of hydrogen-bond acceptors (Lipinski definition) is 6. The Morgan fingerprint density at radius 1 is 1.38 bits per heavy atom. The maximum Gasteiger partial charge on any atom is 0.307 e. The van der Waals surface area contributed by atoms with Gasteiger partial charge in [-0.05, 0) is 23.8 Å². The first-order valence-corrected chi connectivity index (χ1v) is 8.43. The summed E-state index contributed by atoms with van der Waals surface area (Å²) < 4.78 is 10.4. The van der Waals surface area contributed by atoms with E-state index in [0.717, 1.165) is 11.3 Å². The first-order chi connectivity index (χ1) is 11.5. The van der Waals surface area contributed by atoms with E-state index in [0.29, 0.717) is 9.23 Å². The number of carbonyl (C=O) groups is 2. The second kappa shape index (κ2) is 8.65. The van der Waals surface area contributed by atoms with Crippen molar-refractivity contribution in [1.29, 1.82) is 0 Å². The van der Waals surface area contributed by atoms with Crippen LogP contribution < -0.4 is 4.74 Å². The minimum Gasteiger partial charge on any atom is -0.497 e. The zero-order valence-electron chi connectivity index (χ0n) is 13.2. The molecule has 0 unspecified atom stereocenters. The van der Waals surface area contributed by atoms with Gasteiger partial charge in [0.15, 0.2) is 0 Å². The number of methoxy groups -OCH3 is 1. The average molecular weight is 363 g/mol. The third-order valence-corrected chi connectivity index (χ3v) is 4.57. The van der Waals surface area contributed by atoms with Crippen molar-refractivity contribution in [3.63, 3.8) is 0 Å². The minimum atomic E-state index is -0.386. The van der Waals surface area contributed by atoms with Crippen LogP contribution >= 0.6 is 24.0 Å². The lowest BCUT2D eigenvalue weighted by Crippen LogP contribution is -2.30. The topological polar surface area (TPSA) is 55.8 Å². The molecule has 0 saturated carbocycles. The van der Waals surface area contributed by atoms with Gasteiger partial charge in [0.1, 0.15) is 16.7 Å². The van der Waals surface area contributed by atoms with Crippen LogP contribution in [0.4, 0.5) is 0 Å². The maximum absolute atomic E-state index is 12.4. The molecule has 1 aliphatic heterocycles. The van der Waals surface area contributed by atoms with Crippen molar-refractivity contribution in [1.82, 2.24) is 4.90 Å². The molecule has 1 aliphatic rings. The second-order valence-electron chi connectivity index (χ2n) is 4.83. The molecule has 1 aromatic carbocycles. The molecular formula is C17H17NO4S2. The molecule has 5 nitrogen and oxygen atoms in total. The fourth-order valence-electron chi connectivity index (χ4n) is 1.97. The molecule has 0 aliphatic carbocycles. The van der Waals surface area contributed by atoms with Gasteiger partial charge in [-0.1, -0.05) is 48.8 Å². The number of amides is 1. The standard InChI is InChI=1S/C17H17NO4S2/c1-3-10-22-15(19)8-9-18-16(20)14(24-17(18)23)11-12-4-6-13(21-2)7-5-12/h3-7,11H,1,8-10H2,2H3/b14-11+. The highest BCUT2D eigenvalue weighted by Crippen LogP contribution is 2.32. The number of carbonyl (C=O) groups excluding carboxylic acids is 2. The maximum atomic E-state index is 12.4. The van der Waals surface area contributed by atoms with Gasteiger partial charge in [0.05, 0.1) is 18.4 Å². The molecule has 1 amide bonds. The highest BCUT2D eigenvalue weighted by Gasteiger charge is 2.32. The first kappa shape index (κ1) is 18.2. The molecular weight excluding hydrogens is 346 g/mol. The van der Waals surface area contributed by atoms with Crippen LogP contribution in [0, 0.1) is 0 Å². The van der Waals surface area contributed by atoms with Crippen molar-refractivity contribution in [2.45, 2.75) is 6.42 Å². The fraction of sp³-hybridized carbons (Fsp3) is 0.235. The van der Waals surface area contributed by atoms with E-state index in [1.807, 2.05) is 24.3 Å². The molecule has 0 aromatic heterocycles. The van der Waals surface area contributed by atoms with Crippen LogP contribution in [0.5, 0.6) is 5.75 Å². The number of rotatable bonds is 7.